The third kappa shape index (κ3) is 4.58. The number of ether oxygens (including phenoxy) is 1. The Kier molecular flexibility index (Phi) is 6.77. The molecule has 28 heavy (non-hydrogen) atoms. The van der Waals surface area contributed by atoms with Crippen molar-refractivity contribution >= 4 is 33.2 Å². The van der Waals surface area contributed by atoms with Crippen molar-refractivity contribution < 1.29 is 22.7 Å². The molecule has 0 bridgehead atoms. The zero-order valence-corrected chi connectivity index (χ0v) is 18.0. The van der Waals surface area contributed by atoms with Crippen molar-refractivity contribution in [1.29, 1.82) is 0 Å². The van der Waals surface area contributed by atoms with Gasteiger partial charge in [0, 0.05) is 25.2 Å². The van der Waals surface area contributed by atoms with Gasteiger partial charge in [-0.15, -0.1) is 11.3 Å². The molecule has 0 saturated carbocycles. The number of esters is 1. The molecule has 2 atom stereocenters. The Hall–Kier alpha value is -1.45. The molecule has 0 radical (unpaired) electrons. The lowest BCUT2D eigenvalue weighted by Gasteiger charge is -2.39. The molecule has 3 heterocycles. The number of carbonyl (C=O) groups is 2. The molecule has 0 spiro atoms. The van der Waals surface area contributed by atoms with E-state index in [4.69, 9.17) is 4.74 Å². The first-order valence-electron chi connectivity index (χ1n) is 9.82. The third-order valence-corrected chi connectivity index (χ3v) is 8.97. The summed E-state index contributed by atoms with van der Waals surface area (Å²) in [6.45, 7) is 4.39. The molecule has 2 aliphatic heterocycles. The van der Waals surface area contributed by atoms with E-state index in [9.17, 15) is 18.0 Å². The summed E-state index contributed by atoms with van der Waals surface area (Å²) in [5.74, 6) is -0.914. The van der Waals surface area contributed by atoms with Gasteiger partial charge in [-0.05, 0) is 57.4 Å². The number of carbonyl (C=O) groups excluding carboxylic acids is 2. The van der Waals surface area contributed by atoms with Crippen molar-refractivity contribution in [3.8, 4) is 0 Å². The molecular weight excluding hydrogens is 400 g/mol. The number of likely N-dealkylation sites (tertiary alicyclic amines) is 1. The first-order valence-corrected chi connectivity index (χ1v) is 12.1. The second-order valence-electron chi connectivity index (χ2n) is 7.65. The quantitative estimate of drug-likeness (QED) is 0.673. The lowest BCUT2D eigenvalue weighted by atomic mass is 9.97. The first kappa shape index (κ1) is 21.3. The summed E-state index contributed by atoms with van der Waals surface area (Å²) in [6, 6.07) is 3.64. The monoisotopic (exact) mass is 428 g/mol. The average molecular weight is 429 g/mol. The molecular formula is C19H28N2O5S2. The van der Waals surface area contributed by atoms with Crippen LogP contribution in [0, 0.1) is 5.92 Å². The first-order chi connectivity index (χ1) is 13.3. The fourth-order valence-electron chi connectivity index (χ4n) is 4.11. The highest BCUT2D eigenvalue weighted by atomic mass is 32.2. The maximum atomic E-state index is 12.5. The van der Waals surface area contributed by atoms with Gasteiger partial charge < -0.3 is 9.64 Å². The largest absolute Gasteiger partial charge is 0.455 e. The SMILES string of the molecule is CC1CCCC(C)N1C(=O)COC(=O)C1CCN(S(=O)(=O)c2cccs2)CC1. The van der Waals surface area contributed by atoms with E-state index in [1.54, 1.807) is 17.5 Å². The molecule has 2 saturated heterocycles. The van der Waals surface area contributed by atoms with Gasteiger partial charge in [-0.25, -0.2) is 8.42 Å². The Balaban J connectivity index is 1.48. The van der Waals surface area contributed by atoms with E-state index in [0.29, 0.717) is 17.1 Å². The van der Waals surface area contributed by atoms with Crippen LogP contribution in [0.5, 0.6) is 0 Å². The van der Waals surface area contributed by atoms with Crippen LogP contribution in [0.3, 0.4) is 0 Å². The minimum absolute atomic E-state index is 0.147. The van der Waals surface area contributed by atoms with Crippen LogP contribution >= 0.6 is 11.3 Å². The van der Waals surface area contributed by atoms with Crippen LogP contribution in [-0.4, -0.2) is 61.3 Å². The zero-order chi connectivity index (χ0) is 20.3. The molecule has 0 aliphatic carbocycles. The predicted molar refractivity (Wildman–Crippen MR) is 106 cm³/mol. The molecule has 7 nitrogen and oxygen atoms in total. The summed E-state index contributed by atoms with van der Waals surface area (Å²) in [4.78, 5) is 26.7. The highest BCUT2D eigenvalue weighted by Gasteiger charge is 2.34. The lowest BCUT2D eigenvalue weighted by Crippen LogP contribution is -2.49. The van der Waals surface area contributed by atoms with Crippen molar-refractivity contribution in [2.45, 2.75) is 62.2 Å². The molecule has 0 N–H and O–H groups in total. The molecule has 156 valence electrons. The van der Waals surface area contributed by atoms with Gasteiger partial charge in [0.05, 0.1) is 5.92 Å². The van der Waals surface area contributed by atoms with Crippen molar-refractivity contribution in [2.24, 2.45) is 5.92 Å². The van der Waals surface area contributed by atoms with E-state index < -0.39 is 16.0 Å². The average Bonchev–Trinajstić information content (AvgIpc) is 3.22. The summed E-state index contributed by atoms with van der Waals surface area (Å²) in [5.41, 5.74) is 0. The van der Waals surface area contributed by atoms with Crippen molar-refractivity contribution in [3.63, 3.8) is 0 Å². The maximum Gasteiger partial charge on any atom is 0.309 e. The Bertz CT molecular complexity index is 775. The molecule has 1 aromatic rings. The Morgan fingerprint density at radius 3 is 2.36 bits per heavy atom. The zero-order valence-electron chi connectivity index (χ0n) is 16.4. The fourth-order valence-corrected chi connectivity index (χ4v) is 6.72. The van der Waals surface area contributed by atoms with Crippen LogP contribution in [0.4, 0.5) is 0 Å². The van der Waals surface area contributed by atoms with E-state index in [0.717, 1.165) is 19.3 Å². The molecule has 9 heteroatoms. The van der Waals surface area contributed by atoms with Crippen molar-refractivity contribution in [2.75, 3.05) is 19.7 Å². The van der Waals surface area contributed by atoms with Crippen molar-refractivity contribution in [3.05, 3.63) is 17.5 Å². The molecule has 1 aromatic heterocycles. The Morgan fingerprint density at radius 2 is 1.79 bits per heavy atom. The van der Waals surface area contributed by atoms with E-state index in [-0.39, 0.29) is 43.6 Å². The maximum absolute atomic E-state index is 12.5. The molecule has 1 amide bonds. The summed E-state index contributed by atoms with van der Waals surface area (Å²) in [6.07, 6.45) is 3.88. The van der Waals surface area contributed by atoms with Gasteiger partial charge in [0.2, 0.25) is 0 Å². The summed E-state index contributed by atoms with van der Waals surface area (Å²) in [7, 11) is -3.48. The number of hydrogen-bond donors (Lipinski definition) is 0. The van der Waals surface area contributed by atoms with Gasteiger partial charge in [-0.3, -0.25) is 9.59 Å². The smallest absolute Gasteiger partial charge is 0.309 e. The van der Waals surface area contributed by atoms with Gasteiger partial charge in [-0.1, -0.05) is 6.07 Å². The number of thiophene rings is 1. The molecule has 3 rings (SSSR count). The number of rotatable bonds is 5. The molecule has 2 fully saturated rings. The summed E-state index contributed by atoms with van der Waals surface area (Å²) < 4.78 is 32.1. The van der Waals surface area contributed by atoms with Gasteiger partial charge >= 0.3 is 5.97 Å². The van der Waals surface area contributed by atoms with E-state index >= 15 is 0 Å². The molecule has 2 unspecified atom stereocenters. The number of nitrogens with zero attached hydrogens (tertiary/aromatic N) is 2. The molecule has 0 aromatic carbocycles. The van der Waals surface area contributed by atoms with Crippen LogP contribution in [-0.2, 0) is 24.3 Å². The van der Waals surface area contributed by atoms with E-state index in [2.05, 4.69) is 0 Å². The van der Waals surface area contributed by atoms with E-state index in [1.165, 1.54) is 15.6 Å². The van der Waals surface area contributed by atoms with Crippen molar-refractivity contribution in [1.82, 2.24) is 9.21 Å². The van der Waals surface area contributed by atoms with Gasteiger partial charge in [0.1, 0.15) is 4.21 Å². The normalized spacial score (nSPS) is 24.9. The third-order valence-electron chi connectivity index (χ3n) is 5.70. The van der Waals surface area contributed by atoms with E-state index in [1.807, 2.05) is 18.7 Å². The van der Waals surface area contributed by atoms with Gasteiger partial charge in [0.25, 0.3) is 15.9 Å². The topological polar surface area (TPSA) is 84.0 Å². The van der Waals surface area contributed by atoms with Crippen LogP contribution in [0.15, 0.2) is 21.7 Å². The second-order valence-corrected chi connectivity index (χ2v) is 10.8. The number of piperidine rings is 2. The Labute approximate surface area is 170 Å². The van der Waals surface area contributed by atoms with Crippen LogP contribution in [0.2, 0.25) is 0 Å². The predicted octanol–water partition coefficient (Wildman–Crippen LogP) is 2.48. The minimum Gasteiger partial charge on any atom is -0.455 e. The number of hydrogen-bond acceptors (Lipinski definition) is 6. The standard InChI is InChI=1S/C19H28N2O5S2/c1-14-5-3-6-15(2)21(14)17(22)13-26-19(23)16-8-10-20(11-9-16)28(24,25)18-7-4-12-27-18/h4,7,12,14-16H,3,5-6,8-11,13H2,1-2H3. The highest BCUT2D eigenvalue weighted by Crippen LogP contribution is 2.27. The number of amides is 1. The lowest BCUT2D eigenvalue weighted by molar-refractivity contribution is -0.158. The van der Waals surface area contributed by atoms with Gasteiger partial charge in [-0.2, -0.15) is 4.31 Å². The number of sulfonamides is 1. The van der Waals surface area contributed by atoms with Crippen LogP contribution < -0.4 is 0 Å². The minimum atomic E-state index is -3.48. The highest BCUT2D eigenvalue weighted by molar-refractivity contribution is 7.91. The van der Waals surface area contributed by atoms with Gasteiger partial charge in [0.15, 0.2) is 6.61 Å². The van der Waals surface area contributed by atoms with Crippen LogP contribution in [0.25, 0.3) is 0 Å². The van der Waals surface area contributed by atoms with Crippen LogP contribution in [0.1, 0.15) is 46.0 Å². The fraction of sp³-hybridized carbons (Fsp3) is 0.684. The second kappa shape index (κ2) is 8.92. The Morgan fingerprint density at radius 1 is 1.14 bits per heavy atom. The summed E-state index contributed by atoms with van der Waals surface area (Å²) in [5, 5.41) is 1.73. The summed E-state index contributed by atoms with van der Waals surface area (Å²) >= 11 is 1.19. The molecule has 2 aliphatic rings.